The highest BCUT2D eigenvalue weighted by atomic mass is 16.7. The Hall–Kier alpha value is -3.29. The van der Waals surface area contributed by atoms with Crippen LogP contribution in [0.5, 0.6) is 11.5 Å². The highest BCUT2D eigenvalue weighted by Crippen LogP contribution is 2.32. The Balaban J connectivity index is 1.65. The molecule has 1 aromatic heterocycles. The first-order chi connectivity index (χ1) is 11.0. The lowest BCUT2D eigenvalue weighted by Crippen LogP contribution is -2.41. The topological polar surface area (TPSA) is 98.7 Å². The van der Waals surface area contributed by atoms with E-state index in [1.54, 1.807) is 12.1 Å². The van der Waals surface area contributed by atoms with Crippen LogP contribution in [-0.2, 0) is 7.05 Å². The Morgan fingerprint density at radius 2 is 1.65 bits per heavy atom. The summed E-state index contributed by atoms with van der Waals surface area (Å²) < 4.78 is 11.6. The molecule has 8 heteroatoms. The van der Waals surface area contributed by atoms with Crippen molar-refractivity contribution in [2.75, 3.05) is 6.79 Å². The maximum absolute atomic E-state index is 12.0. The molecule has 2 aromatic rings. The van der Waals surface area contributed by atoms with Gasteiger partial charge in [-0.3, -0.25) is 25.2 Å². The Labute approximate surface area is 130 Å². The molecule has 2 amide bonds. The summed E-state index contributed by atoms with van der Waals surface area (Å²) in [5, 5.41) is 0. The number of nitrogens with one attached hydrogen (secondary N) is 2. The predicted octanol–water partition coefficient (Wildman–Crippen LogP) is 0.189. The van der Waals surface area contributed by atoms with Crippen molar-refractivity contribution in [3.05, 3.63) is 58.0 Å². The quantitative estimate of drug-likeness (QED) is 0.771. The number of aromatic nitrogens is 1. The lowest BCUT2D eigenvalue weighted by molar-refractivity contribution is 0.0846. The van der Waals surface area contributed by atoms with E-state index in [2.05, 4.69) is 10.9 Å². The Morgan fingerprint density at radius 1 is 1.00 bits per heavy atom. The largest absolute Gasteiger partial charge is 0.454 e. The van der Waals surface area contributed by atoms with Gasteiger partial charge < -0.3 is 14.0 Å². The average molecular weight is 315 g/mol. The zero-order valence-corrected chi connectivity index (χ0v) is 12.2. The molecule has 0 fully saturated rings. The second-order valence-electron chi connectivity index (χ2n) is 4.84. The van der Waals surface area contributed by atoms with E-state index in [4.69, 9.17) is 9.47 Å². The van der Waals surface area contributed by atoms with Crippen molar-refractivity contribution in [1.29, 1.82) is 0 Å². The van der Waals surface area contributed by atoms with Crippen molar-refractivity contribution in [1.82, 2.24) is 15.4 Å². The third-order valence-corrected chi connectivity index (χ3v) is 3.27. The number of rotatable bonds is 2. The fraction of sp³-hybridized carbons (Fsp3) is 0.133. The molecule has 1 aromatic carbocycles. The van der Waals surface area contributed by atoms with Gasteiger partial charge in [0.2, 0.25) is 12.4 Å². The summed E-state index contributed by atoms with van der Waals surface area (Å²) >= 11 is 0. The molecule has 0 atom stereocenters. The zero-order valence-electron chi connectivity index (χ0n) is 12.2. The van der Waals surface area contributed by atoms with Crippen molar-refractivity contribution in [3.63, 3.8) is 0 Å². The second kappa shape index (κ2) is 5.84. The molecule has 0 aliphatic carbocycles. The number of amides is 2. The van der Waals surface area contributed by atoms with E-state index >= 15 is 0 Å². The highest BCUT2D eigenvalue weighted by Gasteiger charge is 2.16. The van der Waals surface area contributed by atoms with Crippen LogP contribution < -0.4 is 25.9 Å². The van der Waals surface area contributed by atoms with Gasteiger partial charge in [-0.15, -0.1) is 0 Å². The van der Waals surface area contributed by atoms with E-state index in [-0.39, 0.29) is 17.9 Å². The van der Waals surface area contributed by atoms with Crippen LogP contribution in [0.25, 0.3) is 0 Å². The maximum Gasteiger partial charge on any atom is 0.271 e. The van der Waals surface area contributed by atoms with Crippen molar-refractivity contribution < 1.29 is 19.1 Å². The van der Waals surface area contributed by atoms with E-state index in [1.165, 1.54) is 36.0 Å². The molecule has 1 aliphatic rings. The molecule has 2 N–H and O–H groups in total. The Morgan fingerprint density at radius 3 is 2.39 bits per heavy atom. The summed E-state index contributed by atoms with van der Waals surface area (Å²) in [7, 11) is 1.53. The van der Waals surface area contributed by atoms with Gasteiger partial charge in [-0.2, -0.15) is 0 Å². The second-order valence-corrected chi connectivity index (χ2v) is 4.84. The normalized spacial score (nSPS) is 11.9. The van der Waals surface area contributed by atoms with Crippen LogP contribution in [0.4, 0.5) is 0 Å². The minimum absolute atomic E-state index is 0.115. The average Bonchev–Trinajstić information content (AvgIpc) is 3.02. The number of aryl methyl sites for hydroxylation is 1. The van der Waals surface area contributed by atoms with Gasteiger partial charge in [-0.25, -0.2) is 0 Å². The van der Waals surface area contributed by atoms with Crippen LogP contribution in [0.15, 0.2) is 41.3 Å². The highest BCUT2D eigenvalue weighted by molar-refractivity contribution is 5.99. The number of pyridine rings is 1. The standard InChI is InChI=1S/C15H13N3O5/c1-18-7-10(3-5-13(18)19)15(21)17-16-14(20)9-2-4-11-12(6-9)23-8-22-11/h2-7H,8H2,1H3,(H,16,20)(H,17,21). The Kier molecular flexibility index (Phi) is 3.71. The number of hydrazine groups is 1. The monoisotopic (exact) mass is 315 g/mol. The lowest BCUT2D eigenvalue weighted by atomic mass is 10.2. The molecule has 0 saturated carbocycles. The predicted molar refractivity (Wildman–Crippen MR) is 79.2 cm³/mol. The molecule has 0 unspecified atom stereocenters. The number of hydrogen-bond donors (Lipinski definition) is 2. The summed E-state index contributed by atoms with van der Waals surface area (Å²) in [6.45, 7) is 0.115. The van der Waals surface area contributed by atoms with E-state index in [0.717, 1.165) is 0 Å². The van der Waals surface area contributed by atoms with Crippen molar-refractivity contribution in [2.24, 2.45) is 7.05 Å². The minimum Gasteiger partial charge on any atom is -0.454 e. The molecule has 3 rings (SSSR count). The minimum atomic E-state index is -0.533. The van der Waals surface area contributed by atoms with E-state index < -0.39 is 11.8 Å². The molecular formula is C15H13N3O5. The van der Waals surface area contributed by atoms with E-state index in [1.807, 2.05) is 0 Å². The molecule has 0 bridgehead atoms. The molecule has 23 heavy (non-hydrogen) atoms. The van der Waals surface area contributed by atoms with Gasteiger partial charge in [0.15, 0.2) is 11.5 Å². The number of hydrogen-bond acceptors (Lipinski definition) is 5. The van der Waals surface area contributed by atoms with Crippen LogP contribution in [0.2, 0.25) is 0 Å². The fourth-order valence-corrected chi connectivity index (χ4v) is 2.02. The van der Waals surface area contributed by atoms with Crippen LogP contribution in [0.1, 0.15) is 20.7 Å². The number of carbonyl (C=O) groups excluding carboxylic acids is 2. The summed E-state index contributed by atoms with van der Waals surface area (Å²) in [5.41, 5.74) is 4.92. The molecule has 1 aliphatic heterocycles. The summed E-state index contributed by atoms with van der Waals surface area (Å²) in [4.78, 5) is 35.2. The molecule has 8 nitrogen and oxygen atoms in total. The summed E-state index contributed by atoms with van der Waals surface area (Å²) in [5.74, 6) is 0.00832. The van der Waals surface area contributed by atoms with Gasteiger partial charge in [0.25, 0.3) is 11.8 Å². The van der Waals surface area contributed by atoms with Gasteiger partial charge >= 0.3 is 0 Å². The lowest BCUT2D eigenvalue weighted by Gasteiger charge is -2.08. The van der Waals surface area contributed by atoms with Crippen LogP contribution >= 0.6 is 0 Å². The van der Waals surface area contributed by atoms with Gasteiger partial charge in [0.05, 0.1) is 5.56 Å². The van der Waals surface area contributed by atoms with Gasteiger partial charge in [0.1, 0.15) is 0 Å². The smallest absolute Gasteiger partial charge is 0.271 e. The van der Waals surface area contributed by atoms with Crippen molar-refractivity contribution in [2.45, 2.75) is 0 Å². The zero-order chi connectivity index (χ0) is 16.4. The fourth-order valence-electron chi connectivity index (χ4n) is 2.02. The SMILES string of the molecule is Cn1cc(C(=O)NNC(=O)c2ccc3c(c2)OCO3)ccc1=O. The third kappa shape index (κ3) is 3.00. The van der Waals surface area contributed by atoms with Gasteiger partial charge in [-0.1, -0.05) is 0 Å². The van der Waals surface area contributed by atoms with Crippen LogP contribution in [0.3, 0.4) is 0 Å². The van der Waals surface area contributed by atoms with Gasteiger partial charge in [0, 0.05) is 24.9 Å². The maximum atomic E-state index is 12.0. The first-order valence-electron chi connectivity index (χ1n) is 6.71. The number of fused-ring (bicyclic) bond motifs is 1. The number of benzene rings is 1. The molecular weight excluding hydrogens is 302 g/mol. The summed E-state index contributed by atoms with van der Waals surface area (Å²) in [6.07, 6.45) is 1.38. The first-order valence-corrected chi connectivity index (χ1v) is 6.71. The molecule has 2 heterocycles. The molecule has 118 valence electrons. The van der Waals surface area contributed by atoms with Crippen molar-refractivity contribution >= 4 is 11.8 Å². The van der Waals surface area contributed by atoms with Crippen LogP contribution in [-0.4, -0.2) is 23.2 Å². The van der Waals surface area contributed by atoms with E-state index in [9.17, 15) is 14.4 Å². The molecule has 0 radical (unpaired) electrons. The first kappa shape index (κ1) is 14.6. The number of ether oxygens (including phenoxy) is 2. The third-order valence-electron chi connectivity index (χ3n) is 3.27. The summed E-state index contributed by atoms with van der Waals surface area (Å²) in [6, 6.07) is 7.35. The van der Waals surface area contributed by atoms with Gasteiger partial charge in [-0.05, 0) is 24.3 Å². The van der Waals surface area contributed by atoms with Crippen molar-refractivity contribution in [3.8, 4) is 11.5 Å². The number of carbonyl (C=O) groups is 2. The molecule has 0 saturated heterocycles. The van der Waals surface area contributed by atoms with Crippen LogP contribution in [0, 0.1) is 0 Å². The van der Waals surface area contributed by atoms with E-state index in [0.29, 0.717) is 17.1 Å². The molecule has 0 spiro atoms. The number of nitrogens with zero attached hydrogens (tertiary/aromatic N) is 1. The Bertz CT molecular complexity index is 843.